The Balaban J connectivity index is 2.27. The Hall–Kier alpha value is -1.77. The van der Waals surface area contributed by atoms with Gasteiger partial charge in [0.05, 0.1) is 0 Å². The third-order valence-electron chi connectivity index (χ3n) is 3.41. The van der Waals surface area contributed by atoms with Gasteiger partial charge in [-0.3, -0.25) is 0 Å². The lowest BCUT2D eigenvalue weighted by atomic mass is 10.0. The van der Waals surface area contributed by atoms with Gasteiger partial charge in [-0.2, -0.15) is 0 Å². The number of aromatic hydroxyl groups is 1. The van der Waals surface area contributed by atoms with Crippen molar-refractivity contribution < 1.29 is 9.52 Å². The number of phenols is 1. The average molecular weight is 260 g/mol. The molecule has 0 unspecified atom stereocenters. The number of hydrogen-bond acceptors (Lipinski definition) is 3. The third-order valence-corrected chi connectivity index (χ3v) is 3.41. The number of unbranched alkanes of at least 4 members (excludes halogenated alkanes) is 3. The van der Waals surface area contributed by atoms with Crippen LogP contribution in [0.2, 0.25) is 0 Å². The Morgan fingerprint density at radius 2 is 1.95 bits per heavy atom. The molecule has 0 amide bonds. The molecule has 0 bridgehead atoms. The smallest absolute Gasteiger partial charge is 0.339 e. The number of benzene rings is 1. The quantitative estimate of drug-likeness (QED) is 0.654. The van der Waals surface area contributed by atoms with Crippen molar-refractivity contribution in [1.29, 1.82) is 0 Å². The lowest BCUT2D eigenvalue weighted by Gasteiger charge is -2.06. The summed E-state index contributed by atoms with van der Waals surface area (Å²) >= 11 is 0. The van der Waals surface area contributed by atoms with Gasteiger partial charge in [-0.1, -0.05) is 26.2 Å². The molecule has 3 heteroatoms. The normalized spacial score (nSPS) is 11.1. The van der Waals surface area contributed by atoms with E-state index in [0.29, 0.717) is 11.1 Å². The molecule has 2 rings (SSSR count). The van der Waals surface area contributed by atoms with Gasteiger partial charge in [0.2, 0.25) is 0 Å². The van der Waals surface area contributed by atoms with E-state index < -0.39 is 0 Å². The maximum Gasteiger partial charge on any atom is 0.339 e. The Morgan fingerprint density at radius 1 is 1.16 bits per heavy atom. The van der Waals surface area contributed by atoms with Crippen LogP contribution >= 0.6 is 0 Å². The summed E-state index contributed by atoms with van der Waals surface area (Å²) in [4.78, 5) is 11.4. The van der Waals surface area contributed by atoms with Crippen LogP contribution in [-0.2, 0) is 6.42 Å². The van der Waals surface area contributed by atoms with Crippen molar-refractivity contribution in [3.8, 4) is 5.75 Å². The number of aryl methyl sites for hydroxylation is 2. The monoisotopic (exact) mass is 260 g/mol. The van der Waals surface area contributed by atoms with E-state index in [1.807, 2.05) is 12.1 Å². The fraction of sp³-hybridized carbons (Fsp3) is 0.438. The summed E-state index contributed by atoms with van der Waals surface area (Å²) in [5.41, 5.74) is 1.62. The van der Waals surface area contributed by atoms with Gasteiger partial charge in [0.25, 0.3) is 0 Å². The zero-order chi connectivity index (χ0) is 13.8. The minimum Gasteiger partial charge on any atom is -0.508 e. The lowest BCUT2D eigenvalue weighted by molar-refractivity contribution is 0.464. The molecule has 3 nitrogen and oxygen atoms in total. The Morgan fingerprint density at radius 3 is 2.68 bits per heavy atom. The van der Waals surface area contributed by atoms with E-state index in [9.17, 15) is 9.90 Å². The second-order valence-corrected chi connectivity index (χ2v) is 5.05. The van der Waals surface area contributed by atoms with Crippen molar-refractivity contribution in [2.75, 3.05) is 0 Å². The topological polar surface area (TPSA) is 50.4 Å². The standard InChI is InChI=1S/C16H20O3/c1-3-4-5-6-7-12-9-13-8-11(2)16(18)19-15(13)10-14(12)17/h8-10,17H,3-7H2,1-2H3. The van der Waals surface area contributed by atoms with Crippen molar-refractivity contribution in [1.82, 2.24) is 0 Å². The molecule has 0 radical (unpaired) electrons. The largest absolute Gasteiger partial charge is 0.508 e. The predicted molar refractivity (Wildman–Crippen MR) is 76.7 cm³/mol. The summed E-state index contributed by atoms with van der Waals surface area (Å²) in [7, 11) is 0. The average Bonchev–Trinajstić information content (AvgIpc) is 2.37. The van der Waals surface area contributed by atoms with Crippen LogP contribution in [0.4, 0.5) is 0 Å². The Bertz CT molecular complexity index is 626. The van der Waals surface area contributed by atoms with Crippen LogP contribution in [0, 0.1) is 6.92 Å². The van der Waals surface area contributed by atoms with Crippen molar-refractivity contribution in [2.24, 2.45) is 0 Å². The van der Waals surface area contributed by atoms with Gasteiger partial charge in [-0.25, -0.2) is 4.79 Å². The molecule has 1 N–H and O–H groups in total. The molecule has 1 aromatic carbocycles. The molecule has 0 spiro atoms. The van der Waals surface area contributed by atoms with Gasteiger partial charge >= 0.3 is 5.63 Å². The number of rotatable bonds is 5. The van der Waals surface area contributed by atoms with E-state index in [1.54, 1.807) is 13.0 Å². The molecule has 2 aromatic rings. The van der Waals surface area contributed by atoms with Crippen LogP contribution in [0.25, 0.3) is 11.0 Å². The second kappa shape index (κ2) is 5.91. The van der Waals surface area contributed by atoms with E-state index in [2.05, 4.69) is 6.92 Å². The van der Waals surface area contributed by atoms with Gasteiger partial charge in [0, 0.05) is 17.0 Å². The highest BCUT2D eigenvalue weighted by Crippen LogP contribution is 2.26. The molecule has 0 fully saturated rings. The highest BCUT2D eigenvalue weighted by Gasteiger charge is 2.07. The molecular weight excluding hydrogens is 240 g/mol. The molecule has 1 heterocycles. The molecule has 19 heavy (non-hydrogen) atoms. The molecule has 0 saturated heterocycles. The molecular formula is C16H20O3. The van der Waals surface area contributed by atoms with Crippen molar-refractivity contribution in [3.63, 3.8) is 0 Å². The van der Waals surface area contributed by atoms with Crippen molar-refractivity contribution in [3.05, 3.63) is 39.7 Å². The molecule has 0 saturated carbocycles. The molecule has 1 aromatic heterocycles. The van der Waals surface area contributed by atoms with E-state index in [1.165, 1.54) is 19.3 Å². The van der Waals surface area contributed by atoms with Crippen LogP contribution in [0.3, 0.4) is 0 Å². The molecule has 0 aliphatic carbocycles. The van der Waals surface area contributed by atoms with Crippen LogP contribution < -0.4 is 5.63 Å². The highest BCUT2D eigenvalue weighted by molar-refractivity contribution is 5.79. The van der Waals surface area contributed by atoms with E-state index in [-0.39, 0.29) is 11.4 Å². The summed E-state index contributed by atoms with van der Waals surface area (Å²) in [6, 6.07) is 5.29. The summed E-state index contributed by atoms with van der Waals surface area (Å²) in [6.07, 6.45) is 5.54. The van der Waals surface area contributed by atoms with Gasteiger partial charge < -0.3 is 9.52 Å². The fourth-order valence-electron chi connectivity index (χ4n) is 2.25. The SMILES string of the molecule is CCCCCCc1cc2cc(C)c(=O)oc2cc1O. The minimum absolute atomic E-state index is 0.219. The van der Waals surface area contributed by atoms with Crippen LogP contribution in [-0.4, -0.2) is 5.11 Å². The van der Waals surface area contributed by atoms with Gasteiger partial charge in [-0.05, 0) is 37.5 Å². The Kier molecular flexibility index (Phi) is 4.25. The first-order chi connectivity index (χ1) is 9.11. The fourth-order valence-corrected chi connectivity index (χ4v) is 2.25. The lowest BCUT2D eigenvalue weighted by Crippen LogP contribution is -2.02. The highest BCUT2D eigenvalue weighted by atomic mass is 16.4. The summed E-state index contributed by atoms with van der Waals surface area (Å²) in [6.45, 7) is 3.91. The molecule has 0 aliphatic heterocycles. The maximum atomic E-state index is 11.4. The molecule has 0 atom stereocenters. The first-order valence-corrected chi connectivity index (χ1v) is 6.88. The van der Waals surface area contributed by atoms with Gasteiger partial charge in [0.15, 0.2) is 0 Å². The van der Waals surface area contributed by atoms with Crippen LogP contribution in [0.1, 0.15) is 43.7 Å². The summed E-state index contributed by atoms with van der Waals surface area (Å²) in [5, 5.41) is 10.8. The van der Waals surface area contributed by atoms with E-state index >= 15 is 0 Å². The zero-order valence-electron chi connectivity index (χ0n) is 11.5. The Labute approximate surface area is 112 Å². The van der Waals surface area contributed by atoms with E-state index in [4.69, 9.17) is 4.42 Å². The van der Waals surface area contributed by atoms with E-state index in [0.717, 1.165) is 23.8 Å². The zero-order valence-corrected chi connectivity index (χ0v) is 11.5. The molecule has 0 aliphatic rings. The first kappa shape index (κ1) is 13.7. The predicted octanol–water partition coefficient (Wildman–Crippen LogP) is 3.93. The number of phenolic OH excluding ortho intramolecular Hbond substituents is 1. The summed E-state index contributed by atoms with van der Waals surface area (Å²) in [5.74, 6) is 0.219. The third kappa shape index (κ3) is 3.16. The first-order valence-electron chi connectivity index (χ1n) is 6.88. The van der Waals surface area contributed by atoms with Gasteiger partial charge in [0.1, 0.15) is 11.3 Å². The minimum atomic E-state index is -0.345. The second-order valence-electron chi connectivity index (χ2n) is 5.05. The van der Waals surface area contributed by atoms with Gasteiger partial charge in [-0.15, -0.1) is 0 Å². The van der Waals surface area contributed by atoms with Crippen LogP contribution in [0.15, 0.2) is 27.4 Å². The van der Waals surface area contributed by atoms with Crippen LogP contribution in [0.5, 0.6) is 5.75 Å². The van der Waals surface area contributed by atoms with Crippen molar-refractivity contribution in [2.45, 2.75) is 46.0 Å². The number of hydrogen-bond donors (Lipinski definition) is 1. The molecule has 102 valence electrons. The maximum absolute atomic E-state index is 11.4. The summed E-state index contributed by atoms with van der Waals surface area (Å²) < 4.78 is 5.16. The van der Waals surface area contributed by atoms with Crippen molar-refractivity contribution >= 4 is 11.0 Å². The number of fused-ring (bicyclic) bond motifs is 1.